The standard InChI is InChI=1S/C12H13F3O2/c1-8(16)7-11(12(13,14)15)9-3-5-10(17-2)6-4-9/h3-6,11H,7H2,1-2H3/t11-/m1/s1. The molecule has 1 aromatic rings. The van der Waals surface area contributed by atoms with Crippen LogP contribution in [0.4, 0.5) is 13.2 Å². The van der Waals surface area contributed by atoms with Crippen molar-refractivity contribution in [3.63, 3.8) is 0 Å². The third kappa shape index (κ3) is 3.76. The number of methoxy groups -OCH3 is 1. The fraction of sp³-hybridized carbons (Fsp3) is 0.417. The molecule has 5 heteroatoms. The molecule has 0 saturated heterocycles. The number of carbonyl (C=O) groups excluding carboxylic acids is 1. The molecule has 0 unspecified atom stereocenters. The highest BCUT2D eigenvalue weighted by Crippen LogP contribution is 2.37. The Morgan fingerprint density at radius 1 is 1.29 bits per heavy atom. The summed E-state index contributed by atoms with van der Waals surface area (Å²) in [5, 5.41) is 0. The number of halogens is 3. The van der Waals surface area contributed by atoms with Gasteiger partial charge in [-0.2, -0.15) is 13.2 Å². The second kappa shape index (κ2) is 5.21. The van der Waals surface area contributed by atoms with Crippen LogP contribution in [0.25, 0.3) is 0 Å². The van der Waals surface area contributed by atoms with E-state index in [0.717, 1.165) is 6.92 Å². The summed E-state index contributed by atoms with van der Waals surface area (Å²) in [7, 11) is 1.44. The Kier molecular flexibility index (Phi) is 4.15. The van der Waals surface area contributed by atoms with E-state index in [0.29, 0.717) is 5.75 Å². The van der Waals surface area contributed by atoms with E-state index in [2.05, 4.69) is 0 Å². The molecule has 1 rings (SSSR count). The van der Waals surface area contributed by atoms with E-state index in [1.165, 1.54) is 31.4 Å². The quantitative estimate of drug-likeness (QED) is 0.814. The number of alkyl halides is 3. The van der Waals surface area contributed by atoms with Gasteiger partial charge in [0.25, 0.3) is 0 Å². The van der Waals surface area contributed by atoms with Gasteiger partial charge in [0.2, 0.25) is 0 Å². The molecule has 0 N–H and O–H groups in total. The highest BCUT2D eigenvalue weighted by Gasteiger charge is 2.41. The number of benzene rings is 1. The summed E-state index contributed by atoms with van der Waals surface area (Å²) >= 11 is 0. The Morgan fingerprint density at radius 3 is 2.18 bits per heavy atom. The molecule has 2 nitrogen and oxygen atoms in total. The van der Waals surface area contributed by atoms with Gasteiger partial charge in [0.15, 0.2) is 0 Å². The molecule has 0 saturated carbocycles. The average Bonchev–Trinajstić information content (AvgIpc) is 2.24. The topological polar surface area (TPSA) is 26.3 Å². The summed E-state index contributed by atoms with van der Waals surface area (Å²) in [4.78, 5) is 10.9. The number of carbonyl (C=O) groups is 1. The van der Waals surface area contributed by atoms with Crippen LogP contribution in [0.2, 0.25) is 0 Å². The van der Waals surface area contributed by atoms with Crippen molar-refractivity contribution in [3.05, 3.63) is 29.8 Å². The lowest BCUT2D eigenvalue weighted by atomic mass is 9.93. The van der Waals surface area contributed by atoms with Crippen LogP contribution >= 0.6 is 0 Å². The molecule has 0 heterocycles. The smallest absolute Gasteiger partial charge is 0.396 e. The summed E-state index contributed by atoms with van der Waals surface area (Å²) in [6, 6.07) is 5.57. The number of hydrogen-bond donors (Lipinski definition) is 0. The van der Waals surface area contributed by atoms with Crippen LogP contribution in [-0.4, -0.2) is 19.1 Å². The van der Waals surface area contributed by atoms with Crippen LogP contribution < -0.4 is 4.74 Å². The third-order valence-electron chi connectivity index (χ3n) is 2.40. The number of ether oxygens (including phenoxy) is 1. The van der Waals surface area contributed by atoms with E-state index in [1.807, 2.05) is 0 Å². The molecule has 0 aliphatic carbocycles. The van der Waals surface area contributed by atoms with Gasteiger partial charge in [0.1, 0.15) is 11.5 Å². The van der Waals surface area contributed by atoms with E-state index in [1.54, 1.807) is 0 Å². The second-order valence-electron chi connectivity index (χ2n) is 3.77. The first kappa shape index (κ1) is 13.5. The molecule has 0 aliphatic heterocycles. The lowest BCUT2D eigenvalue weighted by Crippen LogP contribution is -2.22. The Bertz CT molecular complexity index is 382. The number of ketones is 1. The fourth-order valence-electron chi connectivity index (χ4n) is 1.55. The summed E-state index contributed by atoms with van der Waals surface area (Å²) in [5.74, 6) is -1.74. The molecular formula is C12H13F3O2. The van der Waals surface area contributed by atoms with Crippen molar-refractivity contribution >= 4 is 5.78 Å². The molecule has 0 spiro atoms. The molecule has 17 heavy (non-hydrogen) atoms. The minimum absolute atomic E-state index is 0.0773. The van der Waals surface area contributed by atoms with Crippen molar-refractivity contribution in [2.75, 3.05) is 7.11 Å². The van der Waals surface area contributed by atoms with Crippen LogP contribution in [0.5, 0.6) is 5.75 Å². The predicted octanol–water partition coefficient (Wildman–Crippen LogP) is 3.32. The maximum Gasteiger partial charge on any atom is 0.396 e. The van der Waals surface area contributed by atoms with Crippen molar-refractivity contribution in [3.8, 4) is 5.75 Å². The van der Waals surface area contributed by atoms with E-state index in [-0.39, 0.29) is 5.56 Å². The molecular weight excluding hydrogens is 233 g/mol. The van der Waals surface area contributed by atoms with Gasteiger partial charge in [-0.15, -0.1) is 0 Å². The number of hydrogen-bond acceptors (Lipinski definition) is 2. The van der Waals surface area contributed by atoms with Gasteiger partial charge in [-0.25, -0.2) is 0 Å². The third-order valence-corrected chi connectivity index (χ3v) is 2.40. The summed E-state index contributed by atoms with van der Waals surface area (Å²) in [5.41, 5.74) is 0.0773. The first-order valence-corrected chi connectivity index (χ1v) is 5.04. The highest BCUT2D eigenvalue weighted by molar-refractivity contribution is 5.76. The van der Waals surface area contributed by atoms with Crippen LogP contribution in [0, 0.1) is 0 Å². The normalized spacial score (nSPS) is 13.2. The summed E-state index contributed by atoms with van der Waals surface area (Å²) < 4.78 is 43.2. The number of Topliss-reactive ketones (excluding diaryl/α,β-unsaturated/α-hetero) is 1. The van der Waals surface area contributed by atoms with Crippen molar-refractivity contribution < 1.29 is 22.7 Å². The highest BCUT2D eigenvalue weighted by atomic mass is 19.4. The molecule has 0 amide bonds. The molecule has 0 aromatic heterocycles. The van der Waals surface area contributed by atoms with Gasteiger partial charge in [-0.3, -0.25) is 0 Å². The fourth-order valence-corrected chi connectivity index (χ4v) is 1.55. The van der Waals surface area contributed by atoms with Gasteiger partial charge in [0.05, 0.1) is 13.0 Å². The monoisotopic (exact) mass is 246 g/mol. The first-order valence-electron chi connectivity index (χ1n) is 5.04. The van der Waals surface area contributed by atoms with Gasteiger partial charge >= 0.3 is 6.18 Å². The largest absolute Gasteiger partial charge is 0.497 e. The van der Waals surface area contributed by atoms with E-state index < -0.39 is 24.3 Å². The molecule has 0 aliphatic rings. The molecule has 0 bridgehead atoms. The van der Waals surface area contributed by atoms with Crippen molar-refractivity contribution in [2.45, 2.75) is 25.4 Å². The van der Waals surface area contributed by atoms with Gasteiger partial charge in [-0.1, -0.05) is 12.1 Å². The Balaban J connectivity index is 3.00. The molecule has 0 fully saturated rings. The molecule has 0 radical (unpaired) electrons. The number of rotatable bonds is 4. The van der Waals surface area contributed by atoms with Gasteiger partial charge < -0.3 is 9.53 Å². The van der Waals surface area contributed by atoms with Crippen LogP contribution in [0.1, 0.15) is 24.8 Å². The van der Waals surface area contributed by atoms with Gasteiger partial charge in [0, 0.05) is 6.42 Å². The lowest BCUT2D eigenvalue weighted by molar-refractivity contribution is -0.156. The maximum atomic E-state index is 12.8. The zero-order valence-electron chi connectivity index (χ0n) is 9.54. The second-order valence-corrected chi connectivity index (χ2v) is 3.77. The van der Waals surface area contributed by atoms with E-state index in [4.69, 9.17) is 4.74 Å². The average molecular weight is 246 g/mol. The SMILES string of the molecule is COc1ccc([C@@H](CC(C)=O)C(F)(F)F)cc1. The first-order chi connectivity index (χ1) is 7.84. The minimum atomic E-state index is -4.42. The molecule has 1 aromatic carbocycles. The van der Waals surface area contributed by atoms with Crippen molar-refractivity contribution in [2.24, 2.45) is 0 Å². The summed E-state index contributed by atoms with van der Waals surface area (Å²) in [6.07, 6.45) is -4.95. The van der Waals surface area contributed by atoms with Crippen molar-refractivity contribution in [1.29, 1.82) is 0 Å². The predicted molar refractivity (Wildman–Crippen MR) is 57.1 cm³/mol. The van der Waals surface area contributed by atoms with Crippen molar-refractivity contribution in [1.82, 2.24) is 0 Å². The van der Waals surface area contributed by atoms with Gasteiger partial charge in [-0.05, 0) is 24.6 Å². The Labute approximate surface area is 97.4 Å². The van der Waals surface area contributed by atoms with Crippen LogP contribution in [-0.2, 0) is 4.79 Å². The van der Waals surface area contributed by atoms with Crippen LogP contribution in [0.15, 0.2) is 24.3 Å². The Hall–Kier alpha value is -1.52. The Morgan fingerprint density at radius 2 is 1.82 bits per heavy atom. The maximum absolute atomic E-state index is 12.8. The minimum Gasteiger partial charge on any atom is -0.497 e. The molecule has 1 atom stereocenters. The van der Waals surface area contributed by atoms with E-state index in [9.17, 15) is 18.0 Å². The lowest BCUT2D eigenvalue weighted by Gasteiger charge is -2.19. The molecule has 94 valence electrons. The van der Waals surface area contributed by atoms with Crippen LogP contribution in [0.3, 0.4) is 0 Å². The van der Waals surface area contributed by atoms with E-state index >= 15 is 0 Å². The summed E-state index contributed by atoms with van der Waals surface area (Å²) in [6.45, 7) is 1.16. The zero-order chi connectivity index (χ0) is 13.1. The zero-order valence-corrected chi connectivity index (χ0v) is 9.54.